The lowest BCUT2D eigenvalue weighted by atomic mass is 10.2. The van der Waals surface area contributed by atoms with Gasteiger partial charge >= 0.3 is 0 Å². The van der Waals surface area contributed by atoms with Crippen molar-refractivity contribution >= 4 is 46.2 Å². The summed E-state index contributed by atoms with van der Waals surface area (Å²) in [6.07, 6.45) is 0. The van der Waals surface area contributed by atoms with Gasteiger partial charge in [-0.3, -0.25) is 25.8 Å². The molecule has 0 saturated carbocycles. The molecule has 7 nitrogen and oxygen atoms in total. The van der Waals surface area contributed by atoms with E-state index < -0.39 is 16.6 Å². The molecule has 0 bridgehead atoms. The number of nitro benzene ring substituents is 1. The molecule has 10 heteroatoms. The van der Waals surface area contributed by atoms with Gasteiger partial charge in [-0.1, -0.05) is 11.6 Å². The largest absolute Gasteiger partial charge is 0.331 e. The molecule has 3 N–H and O–H groups in total. The highest BCUT2D eigenvalue weighted by Gasteiger charge is 2.09. The first-order valence-electron chi connectivity index (χ1n) is 6.43. The third-order valence-corrected chi connectivity index (χ3v) is 3.30. The van der Waals surface area contributed by atoms with E-state index in [4.69, 9.17) is 23.8 Å². The Balaban J connectivity index is 1.89. The van der Waals surface area contributed by atoms with Gasteiger partial charge in [-0.05, 0) is 42.5 Å². The summed E-state index contributed by atoms with van der Waals surface area (Å²) in [6, 6.07) is 8.98. The molecule has 0 saturated heterocycles. The van der Waals surface area contributed by atoms with Crippen LogP contribution in [-0.2, 0) is 0 Å². The van der Waals surface area contributed by atoms with Gasteiger partial charge in [-0.25, -0.2) is 4.39 Å². The van der Waals surface area contributed by atoms with Gasteiger partial charge in [0.1, 0.15) is 5.82 Å². The Morgan fingerprint density at radius 3 is 2.42 bits per heavy atom. The maximum absolute atomic E-state index is 13.0. The molecule has 2 aromatic rings. The van der Waals surface area contributed by atoms with Gasteiger partial charge < -0.3 is 5.32 Å². The van der Waals surface area contributed by atoms with Gasteiger partial charge in [0.05, 0.1) is 9.95 Å². The number of nitro groups is 1. The fourth-order valence-electron chi connectivity index (χ4n) is 1.66. The van der Waals surface area contributed by atoms with Gasteiger partial charge in [-0.15, -0.1) is 0 Å². The van der Waals surface area contributed by atoms with E-state index in [9.17, 15) is 19.3 Å². The molecule has 0 aromatic heterocycles. The van der Waals surface area contributed by atoms with Crippen molar-refractivity contribution < 1.29 is 14.1 Å². The zero-order valence-electron chi connectivity index (χ0n) is 11.9. The Morgan fingerprint density at radius 1 is 1.17 bits per heavy atom. The first kappa shape index (κ1) is 17.6. The van der Waals surface area contributed by atoms with Crippen LogP contribution in [0.4, 0.5) is 15.8 Å². The van der Waals surface area contributed by atoms with Crippen LogP contribution in [0.15, 0.2) is 42.5 Å². The molecule has 1 amide bonds. The molecule has 2 rings (SSSR count). The van der Waals surface area contributed by atoms with Gasteiger partial charge in [0.15, 0.2) is 5.11 Å². The highest BCUT2D eigenvalue weighted by atomic mass is 35.5. The number of nitrogens with one attached hydrogen (secondary N) is 3. The van der Waals surface area contributed by atoms with E-state index in [1.54, 1.807) is 0 Å². The number of amides is 1. The lowest BCUT2D eigenvalue weighted by Crippen LogP contribution is -2.43. The van der Waals surface area contributed by atoms with Crippen LogP contribution in [0.5, 0.6) is 0 Å². The number of hydrogen-bond donors (Lipinski definition) is 3. The van der Waals surface area contributed by atoms with Crippen LogP contribution in [0.25, 0.3) is 0 Å². The quantitative estimate of drug-likeness (QED) is 0.438. The lowest BCUT2D eigenvalue weighted by Gasteiger charge is -2.12. The summed E-state index contributed by atoms with van der Waals surface area (Å²) in [5, 5.41) is 13.2. The van der Waals surface area contributed by atoms with Crippen molar-refractivity contribution in [3.63, 3.8) is 0 Å². The van der Waals surface area contributed by atoms with Gasteiger partial charge in [0.25, 0.3) is 11.6 Å². The highest BCUT2D eigenvalue weighted by molar-refractivity contribution is 7.80. The Bertz CT molecular complexity index is 801. The Kier molecular flexibility index (Phi) is 5.61. The van der Waals surface area contributed by atoms with Crippen LogP contribution in [0, 0.1) is 15.9 Å². The number of rotatable bonds is 3. The monoisotopic (exact) mass is 368 g/mol. The molecular weight excluding hydrogens is 359 g/mol. The second kappa shape index (κ2) is 7.66. The molecule has 124 valence electrons. The predicted octanol–water partition coefficient (Wildman–Crippen LogP) is 3.02. The second-order valence-corrected chi connectivity index (χ2v) is 5.28. The van der Waals surface area contributed by atoms with Crippen LogP contribution < -0.4 is 16.2 Å². The van der Waals surface area contributed by atoms with Crippen molar-refractivity contribution in [2.45, 2.75) is 0 Å². The first-order chi connectivity index (χ1) is 11.4. The first-order valence-corrected chi connectivity index (χ1v) is 7.22. The maximum Gasteiger partial charge on any atom is 0.269 e. The third-order valence-electron chi connectivity index (χ3n) is 2.81. The van der Waals surface area contributed by atoms with Crippen LogP contribution in [0.1, 0.15) is 10.4 Å². The van der Waals surface area contributed by atoms with Crippen molar-refractivity contribution in [1.82, 2.24) is 10.9 Å². The molecule has 0 spiro atoms. The maximum atomic E-state index is 13.0. The highest BCUT2D eigenvalue weighted by Crippen LogP contribution is 2.19. The zero-order valence-corrected chi connectivity index (χ0v) is 13.5. The summed E-state index contributed by atoms with van der Waals surface area (Å²) in [4.78, 5) is 21.9. The smallest absolute Gasteiger partial charge is 0.269 e. The number of benzene rings is 2. The standard InChI is InChI=1S/C14H10ClFN4O3S/c15-11-7-9(3-6-12(11)16)17-14(24)19-18-13(21)8-1-4-10(5-2-8)20(22)23/h1-7H,(H,18,21)(H2,17,19,24). The fraction of sp³-hybridized carbons (Fsp3) is 0. The number of carbonyl (C=O) groups excluding carboxylic acids is 1. The van der Waals surface area contributed by atoms with Crippen LogP contribution in [-0.4, -0.2) is 15.9 Å². The molecule has 0 atom stereocenters. The summed E-state index contributed by atoms with van der Waals surface area (Å²) in [6.45, 7) is 0. The fourth-order valence-corrected chi connectivity index (χ4v) is 2.01. The molecule has 0 radical (unpaired) electrons. The minimum absolute atomic E-state index is 0.0490. The van der Waals surface area contributed by atoms with Gasteiger partial charge in [-0.2, -0.15) is 0 Å². The molecule has 0 aliphatic rings. The van der Waals surface area contributed by atoms with Crippen molar-refractivity contribution in [2.75, 3.05) is 5.32 Å². The van der Waals surface area contributed by atoms with Gasteiger partial charge in [0.2, 0.25) is 0 Å². The number of hydrazine groups is 1. The minimum atomic E-state index is -0.563. The molecule has 0 heterocycles. The minimum Gasteiger partial charge on any atom is -0.331 e. The number of hydrogen-bond acceptors (Lipinski definition) is 4. The van der Waals surface area contributed by atoms with E-state index >= 15 is 0 Å². The summed E-state index contributed by atoms with van der Waals surface area (Å²) < 4.78 is 13.0. The average molecular weight is 369 g/mol. The Labute approximate surface area is 145 Å². The van der Waals surface area contributed by atoms with Crippen molar-refractivity contribution in [1.29, 1.82) is 0 Å². The van der Waals surface area contributed by atoms with E-state index in [2.05, 4.69) is 16.2 Å². The number of nitrogens with zero attached hydrogens (tertiary/aromatic N) is 1. The summed E-state index contributed by atoms with van der Waals surface area (Å²) in [7, 11) is 0. The summed E-state index contributed by atoms with van der Waals surface area (Å²) in [5.41, 5.74) is 5.30. The molecule has 0 aliphatic carbocycles. The molecular formula is C14H10ClFN4O3S. The number of carbonyl (C=O) groups is 1. The van der Waals surface area contributed by atoms with Crippen molar-refractivity contribution in [3.05, 3.63) is 69.0 Å². The van der Waals surface area contributed by atoms with E-state index in [1.807, 2.05) is 0 Å². The molecule has 0 aliphatic heterocycles. The normalized spacial score (nSPS) is 9.92. The van der Waals surface area contributed by atoms with Crippen LogP contribution in [0.3, 0.4) is 0 Å². The number of non-ortho nitro benzene ring substituents is 1. The van der Waals surface area contributed by atoms with E-state index in [1.165, 1.54) is 42.5 Å². The van der Waals surface area contributed by atoms with Crippen LogP contribution >= 0.6 is 23.8 Å². The summed E-state index contributed by atoms with van der Waals surface area (Å²) in [5.74, 6) is -1.10. The SMILES string of the molecule is O=C(NNC(=S)Nc1ccc(F)c(Cl)c1)c1ccc([N+](=O)[O-])cc1. The van der Waals surface area contributed by atoms with E-state index in [0.717, 1.165) is 0 Å². The molecule has 24 heavy (non-hydrogen) atoms. The number of anilines is 1. The topological polar surface area (TPSA) is 96.3 Å². The van der Waals surface area contributed by atoms with E-state index in [-0.39, 0.29) is 21.4 Å². The van der Waals surface area contributed by atoms with Gasteiger partial charge in [0, 0.05) is 23.4 Å². The lowest BCUT2D eigenvalue weighted by molar-refractivity contribution is -0.384. The molecule has 0 unspecified atom stereocenters. The predicted molar refractivity (Wildman–Crippen MR) is 91.3 cm³/mol. The Hall–Kier alpha value is -2.78. The number of thiocarbonyl (C=S) groups is 1. The van der Waals surface area contributed by atoms with Crippen LogP contribution in [0.2, 0.25) is 5.02 Å². The second-order valence-electron chi connectivity index (χ2n) is 4.47. The zero-order chi connectivity index (χ0) is 17.7. The molecule has 2 aromatic carbocycles. The third kappa shape index (κ3) is 4.61. The average Bonchev–Trinajstić information content (AvgIpc) is 2.56. The van der Waals surface area contributed by atoms with E-state index in [0.29, 0.717) is 5.69 Å². The number of halogens is 2. The van der Waals surface area contributed by atoms with Crippen molar-refractivity contribution in [3.8, 4) is 0 Å². The molecule has 0 fully saturated rings. The Morgan fingerprint density at radius 2 is 1.83 bits per heavy atom. The van der Waals surface area contributed by atoms with Crippen molar-refractivity contribution in [2.24, 2.45) is 0 Å². The summed E-state index contributed by atoms with van der Waals surface area (Å²) >= 11 is 10.6.